The van der Waals surface area contributed by atoms with E-state index in [1.54, 1.807) is 0 Å². The molecule has 5 atom stereocenters. The third-order valence-corrected chi connectivity index (χ3v) is 19.1. The molecule has 19 heteroatoms. The van der Waals surface area contributed by atoms with E-state index in [4.69, 9.17) is 37.0 Å². The number of hydrogen-bond donors (Lipinski definition) is 3. The number of unbranched alkanes of at least 4 members (excludes halogenated alkanes) is 43. The Morgan fingerprint density at radius 1 is 0.290 bits per heavy atom. The van der Waals surface area contributed by atoms with Gasteiger partial charge < -0.3 is 33.8 Å². The molecule has 0 spiro atoms. The lowest BCUT2D eigenvalue weighted by molar-refractivity contribution is -0.161. The molecule has 0 rings (SSSR count). The fourth-order valence-electron chi connectivity index (χ4n) is 11.3. The van der Waals surface area contributed by atoms with Crippen LogP contribution >= 0.6 is 15.6 Å². The molecule has 0 aromatic carbocycles. The average molecular weight is 1370 g/mol. The highest BCUT2D eigenvalue weighted by atomic mass is 31.2. The molecule has 0 fully saturated rings. The maximum absolute atomic E-state index is 13.1. The maximum atomic E-state index is 13.1. The van der Waals surface area contributed by atoms with Gasteiger partial charge in [0.05, 0.1) is 26.4 Å². The number of aliphatic hydroxyl groups excluding tert-OH is 1. The first-order chi connectivity index (χ1) is 44.9. The van der Waals surface area contributed by atoms with Gasteiger partial charge >= 0.3 is 39.5 Å². The van der Waals surface area contributed by atoms with Gasteiger partial charge in [-0.2, -0.15) is 0 Å². The van der Waals surface area contributed by atoms with E-state index in [-0.39, 0.29) is 25.7 Å². The second-order valence-corrected chi connectivity index (χ2v) is 30.5. The summed E-state index contributed by atoms with van der Waals surface area (Å²) in [4.78, 5) is 72.6. The first-order valence-electron chi connectivity index (χ1n) is 38.5. The van der Waals surface area contributed by atoms with Crippen molar-refractivity contribution in [1.82, 2.24) is 0 Å². The van der Waals surface area contributed by atoms with Crippen molar-refractivity contribution in [1.29, 1.82) is 0 Å². The zero-order valence-electron chi connectivity index (χ0n) is 60.6. The van der Waals surface area contributed by atoms with Crippen LogP contribution in [0.5, 0.6) is 0 Å². The average Bonchev–Trinajstić information content (AvgIpc) is 2.56. The van der Waals surface area contributed by atoms with Gasteiger partial charge in [-0.25, -0.2) is 9.13 Å². The second kappa shape index (κ2) is 66.0. The fraction of sp³-hybridized carbons (Fsp3) is 0.946. The molecule has 0 amide bonds. The Bertz CT molecular complexity index is 1800. The summed E-state index contributed by atoms with van der Waals surface area (Å²) in [5.74, 6) is -0.606. The van der Waals surface area contributed by atoms with Gasteiger partial charge in [-0.15, -0.1) is 0 Å². The molecular weight excluding hydrogens is 1220 g/mol. The van der Waals surface area contributed by atoms with Gasteiger partial charge in [0.25, 0.3) is 0 Å². The monoisotopic (exact) mass is 1370 g/mol. The van der Waals surface area contributed by atoms with Crippen molar-refractivity contribution < 1.29 is 80.2 Å². The summed E-state index contributed by atoms with van der Waals surface area (Å²) in [7, 11) is -9.90. The highest BCUT2D eigenvalue weighted by Crippen LogP contribution is 2.45. The van der Waals surface area contributed by atoms with Crippen molar-refractivity contribution >= 4 is 39.5 Å². The molecule has 0 aromatic heterocycles. The van der Waals surface area contributed by atoms with Crippen molar-refractivity contribution in [3.63, 3.8) is 0 Å². The number of hydrogen-bond acceptors (Lipinski definition) is 15. The van der Waals surface area contributed by atoms with Crippen LogP contribution < -0.4 is 0 Å². The van der Waals surface area contributed by atoms with Crippen LogP contribution in [0.25, 0.3) is 0 Å². The van der Waals surface area contributed by atoms with Crippen LogP contribution in [0, 0.1) is 11.8 Å². The zero-order valence-corrected chi connectivity index (χ0v) is 62.3. The largest absolute Gasteiger partial charge is 0.472 e. The number of phosphoric acid groups is 2. The van der Waals surface area contributed by atoms with E-state index in [2.05, 4.69) is 41.5 Å². The Kier molecular flexibility index (Phi) is 64.6. The van der Waals surface area contributed by atoms with Crippen LogP contribution in [0.3, 0.4) is 0 Å². The molecule has 93 heavy (non-hydrogen) atoms. The molecule has 17 nitrogen and oxygen atoms in total. The molecule has 0 aromatic rings. The number of esters is 4. The third-order valence-electron chi connectivity index (χ3n) is 17.2. The van der Waals surface area contributed by atoms with E-state index >= 15 is 0 Å². The van der Waals surface area contributed by atoms with E-state index in [1.165, 1.54) is 186 Å². The zero-order chi connectivity index (χ0) is 68.6. The minimum atomic E-state index is -4.95. The van der Waals surface area contributed by atoms with Crippen LogP contribution in [0.2, 0.25) is 0 Å². The second-order valence-electron chi connectivity index (χ2n) is 27.6. The molecule has 0 heterocycles. The molecule has 0 aliphatic carbocycles. The fourth-order valence-corrected chi connectivity index (χ4v) is 12.9. The van der Waals surface area contributed by atoms with E-state index in [0.717, 1.165) is 115 Å². The maximum Gasteiger partial charge on any atom is 0.472 e. The summed E-state index contributed by atoms with van der Waals surface area (Å²) >= 11 is 0. The van der Waals surface area contributed by atoms with Gasteiger partial charge in [0.15, 0.2) is 12.2 Å². The Morgan fingerprint density at radius 3 is 0.731 bits per heavy atom. The summed E-state index contributed by atoms with van der Waals surface area (Å²) in [6.45, 7) is 9.52. The van der Waals surface area contributed by atoms with Gasteiger partial charge in [0.1, 0.15) is 19.3 Å². The third kappa shape index (κ3) is 68.4. The van der Waals surface area contributed by atoms with Crippen molar-refractivity contribution in [2.45, 2.75) is 400 Å². The van der Waals surface area contributed by atoms with Gasteiger partial charge in [0, 0.05) is 25.7 Å². The minimum absolute atomic E-state index is 0.104. The summed E-state index contributed by atoms with van der Waals surface area (Å²) < 4.78 is 68.3. The quantitative estimate of drug-likeness (QED) is 0.0222. The summed E-state index contributed by atoms with van der Waals surface area (Å²) in [5, 5.41) is 10.6. The molecule has 0 saturated heterocycles. The SMILES string of the molecule is CCCCCCCCCCCCCCCCCCCCC(=O)O[C@H](COC(=O)CCCCCCCCCCCCCCCCC(C)C)COP(=O)(O)OC[C@@H](O)COP(=O)(O)OC[C@@H](COC(=O)CCCCCCCCC)OC(=O)CCCCCCCCCCC(C)C. The normalized spacial score (nSPS) is 14.1. The van der Waals surface area contributed by atoms with E-state index in [1.807, 2.05) is 0 Å². The first-order valence-corrected chi connectivity index (χ1v) is 41.5. The Labute approximate surface area is 568 Å². The highest BCUT2D eigenvalue weighted by molar-refractivity contribution is 7.47. The molecule has 0 saturated carbocycles. The summed E-state index contributed by atoms with van der Waals surface area (Å²) in [6, 6.07) is 0. The Balaban J connectivity index is 5.19. The van der Waals surface area contributed by atoms with Crippen LogP contribution in [0.4, 0.5) is 0 Å². The van der Waals surface area contributed by atoms with E-state index < -0.39 is 97.5 Å². The number of ether oxygens (including phenoxy) is 4. The summed E-state index contributed by atoms with van der Waals surface area (Å²) in [5.41, 5.74) is 0. The van der Waals surface area contributed by atoms with Crippen molar-refractivity contribution in [2.24, 2.45) is 11.8 Å². The highest BCUT2D eigenvalue weighted by Gasteiger charge is 2.30. The molecular formula is C74H144O17P2. The lowest BCUT2D eigenvalue weighted by atomic mass is 10.0. The number of carbonyl (C=O) groups is 4. The van der Waals surface area contributed by atoms with Gasteiger partial charge in [-0.1, -0.05) is 330 Å². The van der Waals surface area contributed by atoms with E-state index in [9.17, 15) is 43.2 Å². The predicted octanol–water partition coefficient (Wildman–Crippen LogP) is 21.6. The summed E-state index contributed by atoms with van der Waals surface area (Å²) in [6.07, 6.45) is 53.0. The molecule has 0 aliphatic rings. The molecule has 3 N–H and O–H groups in total. The topological polar surface area (TPSA) is 237 Å². The number of phosphoric ester groups is 2. The predicted molar refractivity (Wildman–Crippen MR) is 377 cm³/mol. The van der Waals surface area contributed by atoms with Crippen molar-refractivity contribution in [3.05, 3.63) is 0 Å². The Hall–Kier alpha value is -1.94. The molecule has 552 valence electrons. The Morgan fingerprint density at radius 2 is 0.495 bits per heavy atom. The minimum Gasteiger partial charge on any atom is -0.462 e. The number of carbonyl (C=O) groups excluding carboxylic acids is 4. The molecule has 0 aliphatic heterocycles. The smallest absolute Gasteiger partial charge is 0.462 e. The molecule has 2 unspecified atom stereocenters. The molecule has 0 radical (unpaired) electrons. The van der Waals surface area contributed by atoms with Gasteiger partial charge in [-0.05, 0) is 37.5 Å². The van der Waals surface area contributed by atoms with Crippen molar-refractivity contribution in [2.75, 3.05) is 39.6 Å². The van der Waals surface area contributed by atoms with Crippen molar-refractivity contribution in [3.8, 4) is 0 Å². The van der Waals surface area contributed by atoms with Gasteiger partial charge in [0.2, 0.25) is 0 Å². The standard InChI is InChI=1S/C74H144O17P2/c1-7-9-11-13-15-16-17-18-19-20-21-22-27-30-33-40-46-52-58-73(78)90-70(63-85-72(77)57-51-45-39-32-29-26-24-23-25-28-31-37-42-48-54-66(3)4)65-89-93(82,83)87-61-68(75)60-86-92(80,81)88-64-69(62-84-71(76)56-50-44-36-14-12-10-8-2)91-74(79)59-53-47-41-35-34-38-43-49-55-67(5)6/h66-70,75H,7-65H2,1-6H3,(H,80,81)(H,82,83)/t68-,69+,70+/m0/s1. The van der Waals surface area contributed by atoms with E-state index in [0.29, 0.717) is 25.7 Å². The lowest BCUT2D eigenvalue weighted by Crippen LogP contribution is -2.30. The van der Waals surface area contributed by atoms with Gasteiger partial charge in [-0.3, -0.25) is 37.3 Å². The van der Waals surface area contributed by atoms with Crippen LogP contribution in [-0.2, 0) is 65.4 Å². The van der Waals surface area contributed by atoms with Crippen LogP contribution in [0.15, 0.2) is 0 Å². The molecule has 0 bridgehead atoms. The van der Waals surface area contributed by atoms with Crippen LogP contribution in [0.1, 0.15) is 382 Å². The lowest BCUT2D eigenvalue weighted by Gasteiger charge is -2.21. The van der Waals surface area contributed by atoms with Crippen LogP contribution in [-0.4, -0.2) is 96.7 Å². The number of rotatable bonds is 73. The first kappa shape index (κ1) is 91.1. The number of aliphatic hydroxyl groups is 1.